The maximum atomic E-state index is 12.9. The van der Waals surface area contributed by atoms with E-state index in [0.29, 0.717) is 18.5 Å². The summed E-state index contributed by atoms with van der Waals surface area (Å²) in [5.41, 5.74) is 0.399. The summed E-state index contributed by atoms with van der Waals surface area (Å²) in [6.07, 6.45) is 1.03. The highest BCUT2D eigenvalue weighted by Crippen LogP contribution is 2.25. The molecule has 2 saturated heterocycles. The zero-order chi connectivity index (χ0) is 18.0. The molecule has 1 unspecified atom stereocenters. The van der Waals surface area contributed by atoms with Gasteiger partial charge in [-0.15, -0.1) is 0 Å². The fraction of sp³-hybridized carbons (Fsp3) is 0.412. The molecule has 0 aliphatic carbocycles. The first-order valence-electron chi connectivity index (χ1n) is 8.21. The first-order valence-corrected chi connectivity index (χ1v) is 8.21. The number of benzene rings is 1. The predicted molar refractivity (Wildman–Crippen MR) is 86.1 cm³/mol. The molecule has 3 amide bonds. The van der Waals surface area contributed by atoms with Crippen molar-refractivity contribution in [1.82, 2.24) is 15.3 Å². The Morgan fingerprint density at radius 1 is 1.12 bits per heavy atom. The molecule has 2 fully saturated rings. The van der Waals surface area contributed by atoms with Crippen LogP contribution in [0.3, 0.4) is 0 Å². The van der Waals surface area contributed by atoms with E-state index < -0.39 is 29.9 Å². The summed E-state index contributed by atoms with van der Waals surface area (Å²) < 4.78 is 0. The fourth-order valence-corrected chi connectivity index (χ4v) is 3.22. The summed E-state index contributed by atoms with van der Waals surface area (Å²) in [6.45, 7) is 0.313. The number of carboxylic acids is 1. The molecule has 0 spiro atoms. The summed E-state index contributed by atoms with van der Waals surface area (Å²) in [4.78, 5) is 49.0. The summed E-state index contributed by atoms with van der Waals surface area (Å²) in [6, 6.07) is 6.42. The van der Waals surface area contributed by atoms with Crippen LogP contribution in [-0.2, 0) is 14.4 Å². The van der Waals surface area contributed by atoms with Crippen molar-refractivity contribution in [2.24, 2.45) is 0 Å². The molecule has 1 aromatic carbocycles. The van der Waals surface area contributed by atoms with Crippen molar-refractivity contribution in [2.45, 2.75) is 37.8 Å². The first-order chi connectivity index (χ1) is 12.0. The number of carbonyl (C=O) groups excluding carboxylic acids is 3. The molecular formula is C17H19N3O5. The van der Waals surface area contributed by atoms with Crippen LogP contribution in [0.1, 0.15) is 36.0 Å². The smallest absolute Gasteiger partial charge is 0.328 e. The average molecular weight is 345 g/mol. The Kier molecular flexibility index (Phi) is 4.69. The number of amides is 3. The van der Waals surface area contributed by atoms with Gasteiger partial charge in [-0.3, -0.25) is 19.4 Å². The van der Waals surface area contributed by atoms with Crippen LogP contribution in [0.5, 0.6) is 0 Å². The molecule has 8 heteroatoms. The minimum atomic E-state index is -1.15. The van der Waals surface area contributed by atoms with Gasteiger partial charge in [-0.05, 0) is 31.4 Å². The zero-order valence-corrected chi connectivity index (χ0v) is 13.6. The lowest BCUT2D eigenvalue weighted by Gasteiger charge is -2.41. The number of rotatable bonds is 3. The first kappa shape index (κ1) is 16.9. The molecule has 0 saturated carbocycles. The number of hydrazine groups is 1. The number of nitrogens with one attached hydrogen (secondary N) is 1. The normalized spacial score (nSPS) is 23.7. The Morgan fingerprint density at radius 3 is 2.52 bits per heavy atom. The minimum Gasteiger partial charge on any atom is -0.480 e. The van der Waals surface area contributed by atoms with Gasteiger partial charge in [0.1, 0.15) is 6.04 Å². The maximum absolute atomic E-state index is 12.9. The molecule has 8 nitrogen and oxygen atoms in total. The van der Waals surface area contributed by atoms with Crippen LogP contribution in [0, 0.1) is 0 Å². The molecule has 132 valence electrons. The van der Waals surface area contributed by atoms with Crippen molar-refractivity contribution in [2.75, 3.05) is 6.54 Å². The Balaban J connectivity index is 1.83. The van der Waals surface area contributed by atoms with Crippen LogP contribution in [0.4, 0.5) is 0 Å². The number of carboxylic acid groups (broad SMARTS) is 1. The van der Waals surface area contributed by atoms with E-state index in [9.17, 15) is 24.3 Å². The number of hydrogen-bond acceptors (Lipinski definition) is 4. The molecule has 0 bridgehead atoms. The van der Waals surface area contributed by atoms with Gasteiger partial charge in [0, 0.05) is 18.5 Å². The molecular weight excluding hydrogens is 326 g/mol. The van der Waals surface area contributed by atoms with Crippen LogP contribution < -0.4 is 5.32 Å². The van der Waals surface area contributed by atoms with Crippen molar-refractivity contribution in [3.05, 3.63) is 35.9 Å². The van der Waals surface area contributed by atoms with Crippen LogP contribution in [0.2, 0.25) is 0 Å². The van der Waals surface area contributed by atoms with Gasteiger partial charge >= 0.3 is 5.97 Å². The summed E-state index contributed by atoms with van der Waals surface area (Å²) in [5.74, 6) is -2.43. The third kappa shape index (κ3) is 3.33. The van der Waals surface area contributed by atoms with Gasteiger partial charge in [0.15, 0.2) is 6.04 Å². The van der Waals surface area contributed by atoms with Crippen LogP contribution in [-0.4, -0.2) is 57.4 Å². The number of fused-ring (bicyclic) bond motifs is 1. The second-order valence-electron chi connectivity index (χ2n) is 6.13. The van der Waals surface area contributed by atoms with Gasteiger partial charge in [-0.1, -0.05) is 18.2 Å². The van der Waals surface area contributed by atoms with E-state index in [0.717, 1.165) is 5.01 Å². The zero-order valence-electron chi connectivity index (χ0n) is 13.6. The molecule has 2 N–H and O–H groups in total. The van der Waals surface area contributed by atoms with Gasteiger partial charge in [0.2, 0.25) is 5.91 Å². The molecule has 2 heterocycles. The third-order valence-corrected chi connectivity index (χ3v) is 4.49. The predicted octanol–water partition coefficient (Wildman–Crippen LogP) is 0.398. The lowest BCUT2D eigenvalue weighted by Crippen LogP contribution is -2.62. The van der Waals surface area contributed by atoms with Gasteiger partial charge in [-0.25, -0.2) is 9.80 Å². The highest BCUT2D eigenvalue weighted by molar-refractivity contribution is 5.99. The summed E-state index contributed by atoms with van der Waals surface area (Å²) >= 11 is 0. The Morgan fingerprint density at radius 2 is 1.84 bits per heavy atom. The molecule has 3 rings (SSSR count). The van der Waals surface area contributed by atoms with E-state index in [1.165, 1.54) is 5.01 Å². The standard InChI is InChI=1S/C17H19N3O5/c21-14-9-8-12(18-15(22)11-5-2-1-3-6-11)16(23)20-13(17(24)25)7-4-10-19(14)20/h1-3,5-6,12-13H,4,7-10H2,(H,18,22)(H,24,25)/t12?,13-/m0/s1. The van der Waals surface area contributed by atoms with Crippen LogP contribution in [0.15, 0.2) is 30.3 Å². The maximum Gasteiger partial charge on any atom is 0.328 e. The lowest BCUT2D eigenvalue weighted by atomic mass is 10.1. The number of aliphatic carboxylic acids is 1. The van der Waals surface area contributed by atoms with E-state index in [-0.39, 0.29) is 25.2 Å². The van der Waals surface area contributed by atoms with E-state index >= 15 is 0 Å². The Labute approximate surface area is 144 Å². The number of hydrogen-bond donors (Lipinski definition) is 2. The number of nitrogens with zero attached hydrogens (tertiary/aromatic N) is 2. The molecule has 2 atom stereocenters. The molecule has 0 radical (unpaired) electrons. The molecule has 25 heavy (non-hydrogen) atoms. The molecule has 0 aromatic heterocycles. The van der Waals surface area contributed by atoms with E-state index in [4.69, 9.17) is 0 Å². The topological polar surface area (TPSA) is 107 Å². The van der Waals surface area contributed by atoms with Crippen molar-refractivity contribution in [3.63, 3.8) is 0 Å². The number of carbonyl (C=O) groups is 4. The van der Waals surface area contributed by atoms with E-state index in [2.05, 4.69) is 5.32 Å². The van der Waals surface area contributed by atoms with E-state index in [1.807, 2.05) is 0 Å². The molecule has 1 aromatic rings. The van der Waals surface area contributed by atoms with Gasteiger partial charge in [0.05, 0.1) is 0 Å². The fourth-order valence-electron chi connectivity index (χ4n) is 3.22. The van der Waals surface area contributed by atoms with Crippen molar-refractivity contribution < 1.29 is 24.3 Å². The monoisotopic (exact) mass is 345 g/mol. The van der Waals surface area contributed by atoms with Crippen molar-refractivity contribution in [3.8, 4) is 0 Å². The largest absolute Gasteiger partial charge is 0.480 e. The quantitative estimate of drug-likeness (QED) is 0.824. The van der Waals surface area contributed by atoms with Gasteiger partial charge < -0.3 is 10.4 Å². The second-order valence-corrected chi connectivity index (χ2v) is 6.13. The van der Waals surface area contributed by atoms with Gasteiger partial charge in [0.25, 0.3) is 11.8 Å². The van der Waals surface area contributed by atoms with Crippen molar-refractivity contribution in [1.29, 1.82) is 0 Å². The summed E-state index contributed by atoms with van der Waals surface area (Å²) in [5, 5.41) is 14.3. The van der Waals surface area contributed by atoms with Crippen molar-refractivity contribution >= 4 is 23.7 Å². The molecule has 2 aliphatic rings. The Bertz CT molecular complexity index is 705. The SMILES string of the molecule is O=C(NC1CCC(=O)N2CCC[C@@H](C(=O)O)N2C1=O)c1ccccc1. The van der Waals surface area contributed by atoms with Crippen LogP contribution >= 0.6 is 0 Å². The second kappa shape index (κ2) is 6.92. The Hall–Kier alpha value is -2.90. The van der Waals surface area contributed by atoms with E-state index in [1.54, 1.807) is 30.3 Å². The molecule has 2 aliphatic heterocycles. The lowest BCUT2D eigenvalue weighted by molar-refractivity contribution is -0.180. The summed E-state index contributed by atoms with van der Waals surface area (Å²) in [7, 11) is 0. The van der Waals surface area contributed by atoms with Crippen LogP contribution in [0.25, 0.3) is 0 Å². The van der Waals surface area contributed by atoms with Gasteiger partial charge in [-0.2, -0.15) is 0 Å². The minimum absolute atomic E-state index is 0.0777. The highest BCUT2D eigenvalue weighted by atomic mass is 16.4. The average Bonchev–Trinajstić information content (AvgIpc) is 2.74. The third-order valence-electron chi connectivity index (χ3n) is 4.49. The highest BCUT2D eigenvalue weighted by Gasteiger charge is 2.44.